The molecule has 0 unspecified atom stereocenters. The molecule has 11 aromatic carbocycles. The maximum atomic E-state index is 5.58. The van der Waals surface area contributed by atoms with E-state index < -0.39 is 8.07 Å². The molecule has 3 heterocycles. The Morgan fingerprint density at radius 1 is 0.276 bits per heavy atom. The average molecular weight is 986 g/mol. The molecule has 3 aromatic heterocycles. The molecule has 76 heavy (non-hydrogen) atoms. The molecule has 6 heteroatoms. The van der Waals surface area contributed by atoms with Gasteiger partial charge in [0.2, 0.25) is 11.9 Å². The number of nitrogens with zero attached hydrogens (tertiary/aromatic N) is 5. The lowest BCUT2D eigenvalue weighted by molar-refractivity contribution is 0.893. The molecule has 5 nitrogen and oxygen atoms in total. The van der Waals surface area contributed by atoms with Crippen molar-refractivity contribution in [1.82, 2.24) is 24.1 Å². The van der Waals surface area contributed by atoms with E-state index in [0.717, 1.165) is 65.9 Å². The second-order valence-corrected chi connectivity index (χ2v) is 23.8. The highest BCUT2D eigenvalue weighted by atomic mass is 28.3. The summed E-state index contributed by atoms with van der Waals surface area (Å²) in [6.45, 7) is 2.15. The van der Waals surface area contributed by atoms with Crippen LogP contribution in [0.15, 0.2) is 267 Å². The first kappa shape index (κ1) is 43.8. The predicted molar refractivity (Wildman–Crippen MR) is 318 cm³/mol. The quantitative estimate of drug-likeness (QED) is 0.118. The van der Waals surface area contributed by atoms with E-state index >= 15 is 0 Å². The first-order valence-electron chi connectivity index (χ1n) is 26.0. The van der Waals surface area contributed by atoms with Crippen molar-refractivity contribution < 1.29 is 0 Å². The molecular formula is C70H47N5Si. The van der Waals surface area contributed by atoms with Crippen LogP contribution in [0.3, 0.4) is 0 Å². The van der Waals surface area contributed by atoms with E-state index in [4.69, 9.17) is 15.0 Å². The van der Waals surface area contributed by atoms with E-state index in [9.17, 15) is 0 Å². The van der Waals surface area contributed by atoms with Crippen LogP contribution in [-0.2, 0) is 0 Å². The smallest absolute Gasteiger partial charge is 0.240 e. The summed E-state index contributed by atoms with van der Waals surface area (Å²) in [6, 6.07) is 98.0. The normalized spacial score (nSPS) is 12.0. The second kappa shape index (κ2) is 17.4. The standard InChI is InChI=1S/C70H47N5Si/c1-46-37-42-67-63(43-46)60-33-17-20-36-66(60)75(67)70-72-68(71-69(73-70)74-64-34-18-15-31-58(64)59-32-16-19-35-65(59)74)47-38-40-56-54-29-13-11-27-52(54)53-28-12-14-30-55(53)57-41-39-51(45-62(57)61(56)44-47)76(48-21-5-2-6-22-48,49-23-7-3-8-24-49)50-25-9-4-10-26-50/h2-45H,1H3. The fourth-order valence-corrected chi connectivity index (χ4v) is 17.2. The Morgan fingerprint density at radius 2 is 0.658 bits per heavy atom. The first-order valence-corrected chi connectivity index (χ1v) is 28.0. The van der Waals surface area contributed by atoms with E-state index in [1.165, 1.54) is 54.1 Å². The van der Waals surface area contributed by atoms with Gasteiger partial charge in [0, 0.05) is 27.1 Å². The Hall–Kier alpha value is -9.75. The van der Waals surface area contributed by atoms with Gasteiger partial charge < -0.3 is 0 Å². The number of para-hydroxylation sites is 3. The second-order valence-electron chi connectivity index (χ2n) is 20.0. The van der Waals surface area contributed by atoms with E-state index in [0.29, 0.717) is 17.7 Å². The summed E-state index contributed by atoms with van der Waals surface area (Å²) in [6.07, 6.45) is 0. The molecule has 14 aromatic rings. The van der Waals surface area contributed by atoms with Crippen LogP contribution in [0, 0.1) is 6.92 Å². The van der Waals surface area contributed by atoms with E-state index in [2.05, 4.69) is 283 Å². The molecule has 0 radical (unpaired) electrons. The largest absolute Gasteiger partial charge is 0.278 e. The Balaban J connectivity index is 1.05. The number of aromatic nitrogens is 5. The average Bonchev–Trinajstić information content (AvgIpc) is 4.04. The number of rotatable bonds is 7. The van der Waals surface area contributed by atoms with Gasteiger partial charge in [0.1, 0.15) is 0 Å². The van der Waals surface area contributed by atoms with Crippen molar-refractivity contribution in [1.29, 1.82) is 0 Å². The Bertz CT molecular complexity index is 4450. The summed E-state index contributed by atoms with van der Waals surface area (Å²) in [4.78, 5) is 16.6. The van der Waals surface area contributed by atoms with E-state index in [-0.39, 0.29) is 0 Å². The van der Waals surface area contributed by atoms with Gasteiger partial charge in [0.25, 0.3) is 0 Å². The zero-order valence-corrected chi connectivity index (χ0v) is 42.6. The summed E-state index contributed by atoms with van der Waals surface area (Å²) in [7, 11) is -2.96. The predicted octanol–water partition coefficient (Wildman–Crippen LogP) is 14.4. The van der Waals surface area contributed by atoms with Gasteiger partial charge in [-0.25, -0.2) is 0 Å². The van der Waals surface area contributed by atoms with Crippen molar-refractivity contribution in [2.45, 2.75) is 6.92 Å². The van der Waals surface area contributed by atoms with Crippen LogP contribution in [0.2, 0.25) is 0 Å². The Kier molecular flexibility index (Phi) is 10.1. The monoisotopic (exact) mass is 985 g/mol. The molecule has 1 aliphatic rings. The van der Waals surface area contributed by atoms with Gasteiger partial charge >= 0.3 is 0 Å². The number of aryl methyl sites for hydroxylation is 1. The van der Waals surface area contributed by atoms with Gasteiger partial charge in [0.05, 0.1) is 22.1 Å². The Morgan fingerprint density at radius 3 is 1.14 bits per heavy atom. The number of hydrogen-bond acceptors (Lipinski definition) is 3. The molecule has 15 rings (SSSR count). The Labute approximate surface area is 441 Å². The maximum absolute atomic E-state index is 5.58. The van der Waals surface area contributed by atoms with Gasteiger partial charge in [-0.05, 0) is 109 Å². The minimum absolute atomic E-state index is 0.550. The van der Waals surface area contributed by atoms with Gasteiger partial charge in [0.15, 0.2) is 13.9 Å². The van der Waals surface area contributed by atoms with Crippen molar-refractivity contribution in [2.75, 3.05) is 0 Å². The molecule has 1 aliphatic carbocycles. The molecule has 356 valence electrons. The van der Waals surface area contributed by atoms with Gasteiger partial charge in [-0.2, -0.15) is 15.0 Å². The van der Waals surface area contributed by atoms with E-state index in [1.54, 1.807) is 0 Å². The fraction of sp³-hybridized carbons (Fsp3) is 0.0143. The third-order valence-electron chi connectivity index (χ3n) is 15.8. The third kappa shape index (κ3) is 6.67. The number of hydrogen-bond donors (Lipinski definition) is 0. The van der Waals surface area contributed by atoms with Crippen LogP contribution < -0.4 is 20.7 Å². The molecule has 0 saturated heterocycles. The fourth-order valence-electron chi connectivity index (χ4n) is 12.5. The minimum Gasteiger partial charge on any atom is -0.278 e. The molecule has 0 saturated carbocycles. The lowest BCUT2D eigenvalue weighted by atomic mass is 9.80. The summed E-state index contributed by atoms with van der Waals surface area (Å²) in [5.41, 5.74) is 15.6. The highest BCUT2D eigenvalue weighted by Crippen LogP contribution is 2.48. The van der Waals surface area contributed by atoms with Crippen LogP contribution in [0.4, 0.5) is 0 Å². The highest BCUT2D eigenvalue weighted by molar-refractivity contribution is 7.20. The number of benzene rings is 11. The molecule has 0 atom stereocenters. The van der Waals surface area contributed by atoms with E-state index in [1.807, 2.05) is 0 Å². The lowest BCUT2D eigenvalue weighted by Crippen LogP contribution is -2.74. The highest BCUT2D eigenvalue weighted by Gasteiger charge is 2.42. The topological polar surface area (TPSA) is 48.5 Å². The van der Waals surface area contributed by atoms with Gasteiger partial charge in [-0.15, -0.1) is 0 Å². The van der Waals surface area contributed by atoms with Crippen molar-refractivity contribution in [3.63, 3.8) is 0 Å². The molecule has 0 bridgehead atoms. The molecule has 0 spiro atoms. The van der Waals surface area contributed by atoms with Crippen LogP contribution >= 0.6 is 0 Å². The van der Waals surface area contributed by atoms with Crippen LogP contribution in [0.25, 0.3) is 111 Å². The summed E-state index contributed by atoms with van der Waals surface area (Å²) >= 11 is 0. The molecule has 0 fully saturated rings. The third-order valence-corrected chi connectivity index (χ3v) is 20.6. The number of fused-ring (bicyclic) bond motifs is 14. The first-order chi connectivity index (χ1) is 37.6. The van der Waals surface area contributed by atoms with Crippen molar-refractivity contribution in [3.8, 4) is 67.8 Å². The van der Waals surface area contributed by atoms with Crippen LogP contribution in [0.1, 0.15) is 5.56 Å². The summed E-state index contributed by atoms with van der Waals surface area (Å²) in [5.74, 6) is 1.68. The van der Waals surface area contributed by atoms with Crippen LogP contribution in [0.5, 0.6) is 0 Å². The van der Waals surface area contributed by atoms with Crippen molar-refractivity contribution in [3.05, 3.63) is 272 Å². The summed E-state index contributed by atoms with van der Waals surface area (Å²) < 4.78 is 4.43. The zero-order chi connectivity index (χ0) is 50.3. The van der Waals surface area contributed by atoms with Crippen molar-refractivity contribution in [2.24, 2.45) is 0 Å². The van der Waals surface area contributed by atoms with Gasteiger partial charge in [-0.1, -0.05) is 236 Å². The van der Waals surface area contributed by atoms with Gasteiger partial charge in [-0.3, -0.25) is 9.13 Å². The summed E-state index contributed by atoms with van der Waals surface area (Å²) in [5, 5.41) is 9.87. The maximum Gasteiger partial charge on any atom is 0.240 e. The van der Waals surface area contributed by atoms with Crippen molar-refractivity contribution >= 4 is 72.4 Å². The molecule has 0 aliphatic heterocycles. The zero-order valence-electron chi connectivity index (χ0n) is 41.6. The molecule has 0 N–H and O–H groups in total. The SMILES string of the molecule is Cc1ccc2c(c1)c1ccccc1n2-c1nc(-c2ccc3c(c2)-c2cc([Si](c4ccccc4)(c4ccccc4)c4ccccc4)ccc2-c2ccccc2-c2ccccc2-3)nc(-n2c3ccccc3c3ccccc32)n1. The lowest BCUT2D eigenvalue weighted by Gasteiger charge is -2.35. The minimum atomic E-state index is -2.96. The molecule has 0 amide bonds. The van der Waals surface area contributed by atoms with Crippen LogP contribution in [-0.4, -0.2) is 32.2 Å². The molecular weight excluding hydrogens is 939 g/mol.